The predicted octanol–water partition coefficient (Wildman–Crippen LogP) is 2.26. The molecule has 5 nitrogen and oxygen atoms in total. The molecule has 2 atom stereocenters. The Balaban J connectivity index is 1.32. The van der Waals surface area contributed by atoms with Gasteiger partial charge >= 0.3 is 0 Å². The van der Waals surface area contributed by atoms with Crippen LogP contribution in [0.1, 0.15) is 21.7 Å². The Morgan fingerprint density at radius 3 is 3.04 bits per heavy atom. The molecule has 0 saturated carbocycles. The highest BCUT2D eigenvalue weighted by Crippen LogP contribution is 2.26. The van der Waals surface area contributed by atoms with Gasteiger partial charge in [-0.05, 0) is 29.5 Å². The topological polar surface area (TPSA) is 45.7 Å². The van der Waals surface area contributed by atoms with Crippen LogP contribution < -0.4 is 0 Å². The van der Waals surface area contributed by atoms with Gasteiger partial charge in [-0.3, -0.25) is 14.7 Å². The number of carbonyl (C=O) groups excluding carboxylic acids is 1. The minimum atomic E-state index is 0.171. The number of piperazine rings is 1. The van der Waals surface area contributed by atoms with Crippen LogP contribution in [0.25, 0.3) is 0 Å². The number of aromatic nitrogens is 1. The van der Waals surface area contributed by atoms with Crippen molar-refractivity contribution in [1.82, 2.24) is 14.8 Å². The van der Waals surface area contributed by atoms with Gasteiger partial charge in [0, 0.05) is 44.6 Å². The van der Waals surface area contributed by atoms with Crippen molar-refractivity contribution in [3.05, 3.63) is 52.5 Å². The zero-order valence-electron chi connectivity index (χ0n) is 13.5. The molecule has 0 radical (unpaired) electrons. The van der Waals surface area contributed by atoms with Gasteiger partial charge in [-0.2, -0.15) is 0 Å². The van der Waals surface area contributed by atoms with Crippen molar-refractivity contribution in [3.8, 4) is 0 Å². The number of fused-ring (bicyclic) bond motifs is 1. The lowest BCUT2D eigenvalue weighted by molar-refractivity contribution is 0.0450. The van der Waals surface area contributed by atoms with Gasteiger partial charge < -0.3 is 9.64 Å². The van der Waals surface area contributed by atoms with E-state index in [1.165, 1.54) is 11.3 Å². The van der Waals surface area contributed by atoms with E-state index in [-0.39, 0.29) is 12.0 Å². The Morgan fingerprint density at radius 2 is 2.25 bits per heavy atom. The molecule has 126 valence electrons. The fourth-order valence-electron chi connectivity index (χ4n) is 3.56. The first-order valence-corrected chi connectivity index (χ1v) is 9.25. The Bertz CT molecular complexity index is 677. The Kier molecular flexibility index (Phi) is 4.60. The van der Waals surface area contributed by atoms with Gasteiger partial charge in [0.25, 0.3) is 5.91 Å². The normalized spacial score (nSPS) is 24.1. The van der Waals surface area contributed by atoms with E-state index in [4.69, 9.17) is 4.74 Å². The van der Waals surface area contributed by atoms with Crippen LogP contribution in [-0.2, 0) is 11.3 Å². The summed E-state index contributed by atoms with van der Waals surface area (Å²) in [6.45, 7) is 4.13. The van der Waals surface area contributed by atoms with Crippen molar-refractivity contribution in [2.45, 2.75) is 25.2 Å². The number of hydrogen-bond acceptors (Lipinski definition) is 5. The van der Waals surface area contributed by atoms with E-state index in [2.05, 4.69) is 9.88 Å². The van der Waals surface area contributed by atoms with E-state index in [0.29, 0.717) is 12.6 Å². The second kappa shape index (κ2) is 7.01. The third-order valence-electron chi connectivity index (χ3n) is 4.81. The summed E-state index contributed by atoms with van der Waals surface area (Å²) in [5, 5.41) is 1.96. The van der Waals surface area contributed by atoms with Crippen molar-refractivity contribution in [3.63, 3.8) is 0 Å². The molecule has 0 spiro atoms. The van der Waals surface area contributed by atoms with Crippen molar-refractivity contribution >= 4 is 17.2 Å². The molecule has 0 bridgehead atoms. The van der Waals surface area contributed by atoms with Gasteiger partial charge in [0.1, 0.15) is 0 Å². The van der Waals surface area contributed by atoms with E-state index < -0.39 is 0 Å². The van der Waals surface area contributed by atoms with Gasteiger partial charge in [0.15, 0.2) is 0 Å². The highest BCUT2D eigenvalue weighted by molar-refractivity contribution is 7.12. The number of rotatable bonds is 4. The van der Waals surface area contributed by atoms with Gasteiger partial charge in [0.05, 0.1) is 17.6 Å². The molecule has 1 amide bonds. The molecule has 2 aromatic heterocycles. The number of ether oxygens (including phenoxy) is 1. The highest BCUT2D eigenvalue weighted by Gasteiger charge is 2.38. The first-order valence-electron chi connectivity index (χ1n) is 8.37. The van der Waals surface area contributed by atoms with Gasteiger partial charge in [-0.25, -0.2) is 0 Å². The number of nitrogens with zero attached hydrogens (tertiary/aromatic N) is 3. The molecule has 0 aromatic carbocycles. The third-order valence-corrected chi connectivity index (χ3v) is 5.66. The molecule has 24 heavy (non-hydrogen) atoms. The molecule has 0 N–H and O–H groups in total. The fourth-order valence-corrected chi connectivity index (χ4v) is 4.25. The molecular weight excluding hydrogens is 322 g/mol. The minimum absolute atomic E-state index is 0.171. The Morgan fingerprint density at radius 1 is 1.29 bits per heavy atom. The predicted molar refractivity (Wildman–Crippen MR) is 93.0 cm³/mol. The van der Waals surface area contributed by atoms with E-state index >= 15 is 0 Å². The summed E-state index contributed by atoms with van der Waals surface area (Å²) in [7, 11) is 0. The summed E-state index contributed by atoms with van der Waals surface area (Å²) in [5.41, 5.74) is 1.11. The second-order valence-corrected chi connectivity index (χ2v) is 7.35. The molecule has 4 rings (SSSR count). The van der Waals surface area contributed by atoms with E-state index in [1.807, 2.05) is 40.7 Å². The van der Waals surface area contributed by atoms with Crippen LogP contribution in [0.4, 0.5) is 0 Å². The van der Waals surface area contributed by atoms with E-state index in [9.17, 15) is 4.79 Å². The molecule has 2 fully saturated rings. The van der Waals surface area contributed by atoms with E-state index in [1.54, 1.807) is 6.20 Å². The van der Waals surface area contributed by atoms with Gasteiger partial charge in [0.2, 0.25) is 0 Å². The maximum atomic E-state index is 12.5. The smallest absolute Gasteiger partial charge is 0.264 e. The Hall–Kier alpha value is -1.76. The van der Waals surface area contributed by atoms with Crippen molar-refractivity contribution in [2.75, 3.05) is 26.2 Å². The summed E-state index contributed by atoms with van der Waals surface area (Å²) in [4.78, 5) is 21.9. The molecule has 0 aliphatic carbocycles. The molecule has 2 aliphatic rings. The zero-order valence-corrected chi connectivity index (χ0v) is 14.3. The lowest BCUT2D eigenvalue weighted by Crippen LogP contribution is -2.51. The van der Waals surface area contributed by atoms with Crippen LogP contribution >= 0.6 is 11.3 Å². The van der Waals surface area contributed by atoms with E-state index in [0.717, 1.165) is 43.0 Å². The molecular formula is C18H21N3O2S. The molecule has 4 heterocycles. The first-order chi connectivity index (χ1) is 11.8. The third kappa shape index (κ3) is 3.36. The number of hydrogen-bond donors (Lipinski definition) is 0. The summed E-state index contributed by atoms with van der Waals surface area (Å²) in [6.07, 6.45) is 4.86. The molecule has 2 saturated heterocycles. The number of carbonyl (C=O) groups is 1. The van der Waals surface area contributed by atoms with Crippen molar-refractivity contribution in [2.24, 2.45) is 0 Å². The summed E-state index contributed by atoms with van der Waals surface area (Å²) in [5.74, 6) is 0.171. The van der Waals surface area contributed by atoms with Crippen molar-refractivity contribution in [1.29, 1.82) is 0 Å². The number of thiophene rings is 1. The maximum absolute atomic E-state index is 12.5. The maximum Gasteiger partial charge on any atom is 0.264 e. The monoisotopic (exact) mass is 343 g/mol. The average molecular weight is 343 g/mol. The summed E-state index contributed by atoms with van der Waals surface area (Å²) >= 11 is 1.52. The molecule has 6 heteroatoms. The summed E-state index contributed by atoms with van der Waals surface area (Å²) < 4.78 is 6.07. The van der Waals surface area contributed by atoms with Gasteiger partial charge in [-0.1, -0.05) is 12.1 Å². The molecule has 0 unspecified atom stereocenters. The van der Waals surface area contributed by atoms with Gasteiger partial charge in [-0.15, -0.1) is 11.3 Å². The molecule has 2 aromatic rings. The number of amides is 1. The summed E-state index contributed by atoms with van der Waals surface area (Å²) in [6, 6.07) is 8.24. The van der Waals surface area contributed by atoms with Crippen LogP contribution in [-0.4, -0.2) is 59.0 Å². The largest absolute Gasteiger partial charge is 0.372 e. The fraction of sp³-hybridized carbons (Fsp3) is 0.444. The average Bonchev–Trinajstić information content (AvgIpc) is 3.29. The molecule has 2 aliphatic heterocycles. The number of pyridine rings is 1. The van der Waals surface area contributed by atoms with Crippen LogP contribution in [0.15, 0.2) is 42.0 Å². The highest BCUT2D eigenvalue weighted by atomic mass is 32.1. The van der Waals surface area contributed by atoms with Crippen LogP contribution in [0.2, 0.25) is 0 Å². The first kappa shape index (κ1) is 15.7. The van der Waals surface area contributed by atoms with Crippen molar-refractivity contribution < 1.29 is 9.53 Å². The lowest BCUT2D eigenvalue weighted by Gasteiger charge is -2.37. The zero-order chi connectivity index (χ0) is 16.4. The second-order valence-electron chi connectivity index (χ2n) is 6.41. The van der Waals surface area contributed by atoms with Crippen LogP contribution in [0, 0.1) is 0 Å². The standard InChI is InChI=1S/C18H21N3O2S/c22-18(17-4-2-8-24-17)21-7-6-20-12-16(9-15(20)11-21)23-13-14-3-1-5-19-10-14/h1-5,8,10,15-16H,6-7,9,11-13H2/t15-,16+/m1/s1. The van der Waals surface area contributed by atoms with Crippen LogP contribution in [0.3, 0.4) is 0 Å². The van der Waals surface area contributed by atoms with Crippen LogP contribution in [0.5, 0.6) is 0 Å². The Labute approximate surface area is 145 Å². The lowest BCUT2D eigenvalue weighted by atomic mass is 10.1. The minimum Gasteiger partial charge on any atom is -0.372 e. The quantitative estimate of drug-likeness (QED) is 0.854. The SMILES string of the molecule is O=C(c1cccs1)N1CCN2C[C@@H](OCc3cccnc3)C[C@@H]2C1.